The van der Waals surface area contributed by atoms with Crippen LogP contribution in [0.4, 0.5) is 10.1 Å². The largest absolute Gasteiger partial charge is 0.494 e. The molecule has 5 nitrogen and oxygen atoms in total. The van der Waals surface area contributed by atoms with Crippen LogP contribution < -0.4 is 15.0 Å². The third kappa shape index (κ3) is 3.02. The lowest BCUT2D eigenvalue weighted by atomic mass is 10.1. The maximum Gasteiger partial charge on any atom is 0.227 e. The molecule has 2 heterocycles. The molecule has 0 saturated carbocycles. The quantitative estimate of drug-likeness (QED) is 0.908. The minimum absolute atomic E-state index is 0.131. The van der Waals surface area contributed by atoms with Gasteiger partial charge in [-0.2, -0.15) is 0 Å². The first-order valence-corrected chi connectivity index (χ1v) is 7.77. The Morgan fingerprint density at radius 2 is 2.09 bits per heavy atom. The summed E-state index contributed by atoms with van der Waals surface area (Å²) in [5.74, 6) is 0.630. The molecule has 0 bridgehead atoms. The minimum Gasteiger partial charge on any atom is -0.494 e. The van der Waals surface area contributed by atoms with E-state index in [2.05, 4.69) is 10.2 Å². The number of nitrogens with one attached hydrogen (secondary N) is 1. The lowest BCUT2D eigenvalue weighted by molar-refractivity contribution is -0.135. The molecule has 0 unspecified atom stereocenters. The Kier molecular flexibility index (Phi) is 4.47. The van der Waals surface area contributed by atoms with E-state index in [1.54, 1.807) is 13.2 Å². The highest BCUT2D eigenvalue weighted by molar-refractivity contribution is 5.79. The zero-order chi connectivity index (χ0) is 15.5. The number of anilines is 1. The molecule has 2 aliphatic rings. The summed E-state index contributed by atoms with van der Waals surface area (Å²) in [5.41, 5.74) is 0.888. The molecule has 6 heteroatoms. The van der Waals surface area contributed by atoms with Crippen molar-refractivity contribution in [3.05, 3.63) is 24.0 Å². The molecule has 2 aliphatic heterocycles. The van der Waals surface area contributed by atoms with Gasteiger partial charge >= 0.3 is 0 Å². The van der Waals surface area contributed by atoms with Gasteiger partial charge in [0.2, 0.25) is 5.91 Å². The number of rotatable bonds is 3. The highest BCUT2D eigenvalue weighted by Crippen LogP contribution is 2.30. The third-order valence-electron chi connectivity index (χ3n) is 4.48. The monoisotopic (exact) mass is 307 g/mol. The molecule has 0 aliphatic carbocycles. The van der Waals surface area contributed by atoms with Gasteiger partial charge in [-0.15, -0.1) is 0 Å². The van der Waals surface area contributed by atoms with Gasteiger partial charge < -0.3 is 19.9 Å². The van der Waals surface area contributed by atoms with E-state index in [4.69, 9.17) is 4.74 Å². The number of piperazine rings is 1. The number of nitrogens with zero attached hydrogens (tertiary/aromatic N) is 2. The Hall–Kier alpha value is -1.82. The summed E-state index contributed by atoms with van der Waals surface area (Å²) < 4.78 is 18.5. The van der Waals surface area contributed by atoms with Crippen molar-refractivity contribution in [3.63, 3.8) is 0 Å². The van der Waals surface area contributed by atoms with Gasteiger partial charge in [-0.05, 0) is 25.1 Å². The Balaban J connectivity index is 1.63. The second-order valence-electron chi connectivity index (χ2n) is 5.82. The number of hydrogen-bond acceptors (Lipinski definition) is 4. The second kappa shape index (κ2) is 6.52. The molecule has 3 rings (SSSR count). The first-order chi connectivity index (χ1) is 10.7. The average Bonchev–Trinajstić information content (AvgIpc) is 3.08. The van der Waals surface area contributed by atoms with Crippen molar-refractivity contribution in [1.82, 2.24) is 10.2 Å². The summed E-state index contributed by atoms with van der Waals surface area (Å²) in [4.78, 5) is 16.5. The smallest absolute Gasteiger partial charge is 0.227 e. The van der Waals surface area contributed by atoms with Gasteiger partial charge in [0, 0.05) is 38.8 Å². The zero-order valence-electron chi connectivity index (χ0n) is 12.8. The fourth-order valence-corrected chi connectivity index (χ4v) is 3.20. The van der Waals surface area contributed by atoms with Crippen molar-refractivity contribution in [2.45, 2.75) is 6.42 Å². The van der Waals surface area contributed by atoms with Crippen molar-refractivity contribution in [3.8, 4) is 5.75 Å². The number of ether oxygens (including phenoxy) is 1. The van der Waals surface area contributed by atoms with E-state index in [0.717, 1.165) is 38.3 Å². The van der Waals surface area contributed by atoms with E-state index in [9.17, 15) is 9.18 Å². The van der Waals surface area contributed by atoms with Crippen LogP contribution in [0.15, 0.2) is 18.2 Å². The molecule has 2 fully saturated rings. The number of halogens is 1. The molecule has 0 spiro atoms. The number of carbonyl (C=O) groups excluding carboxylic acids is 1. The van der Waals surface area contributed by atoms with Crippen LogP contribution in [-0.4, -0.2) is 57.2 Å². The first-order valence-electron chi connectivity index (χ1n) is 7.77. The molecular weight excluding hydrogens is 285 g/mol. The highest BCUT2D eigenvalue weighted by Gasteiger charge is 2.29. The summed E-state index contributed by atoms with van der Waals surface area (Å²) in [7, 11) is 1.55. The van der Waals surface area contributed by atoms with E-state index in [1.165, 1.54) is 12.1 Å². The van der Waals surface area contributed by atoms with Gasteiger partial charge in [0.05, 0.1) is 18.7 Å². The van der Waals surface area contributed by atoms with E-state index in [0.29, 0.717) is 18.8 Å². The van der Waals surface area contributed by atoms with E-state index < -0.39 is 0 Å². The van der Waals surface area contributed by atoms with Crippen molar-refractivity contribution < 1.29 is 13.9 Å². The lowest BCUT2D eigenvalue weighted by Crippen LogP contribution is -2.50. The number of carbonyl (C=O) groups is 1. The van der Waals surface area contributed by atoms with Gasteiger partial charge in [0.15, 0.2) is 0 Å². The summed E-state index contributed by atoms with van der Waals surface area (Å²) in [5, 5.41) is 3.24. The molecule has 1 aromatic carbocycles. The van der Waals surface area contributed by atoms with Crippen molar-refractivity contribution >= 4 is 11.6 Å². The van der Waals surface area contributed by atoms with Crippen LogP contribution >= 0.6 is 0 Å². The zero-order valence-corrected chi connectivity index (χ0v) is 12.8. The third-order valence-corrected chi connectivity index (χ3v) is 4.48. The van der Waals surface area contributed by atoms with Crippen LogP contribution in [0.25, 0.3) is 0 Å². The molecule has 1 amide bonds. The van der Waals surface area contributed by atoms with Crippen LogP contribution in [0.2, 0.25) is 0 Å². The van der Waals surface area contributed by atoms with E-state index >= 15 is 0 Å². The Morgan fingerprint density at radius 1 is 1.32 bits per heavy atom. The number of benzene rings is 1. The average molecular weight is 307 g/mol. The summed E-state index contributed by atoms with van der Waals surface area (Å²) in [6, 6.07) is 4.59. The molecule has 0 aromatic heterocycles. The molecule has 2 saturated heterocycles. The standard InChI is InChI=1S/C16H22FN3O2/c1-22-15-10-13(17)2-3-14(15)19-6-8-20(9-7-19)16(21)12-4-5-18-11-12/h2-3,10,12,18H,4-9,11H2,1H3/t12-/m0/s1. The number of methoxy groups -OCH3 is 1. The van der Waals surface area contributed by atoms with Crippen LogP contribution in [0.3, 0.4) is 0 Å². The predicted octanol–water partition coefficient (Wildman–Crippen LogP) is 1.09. The van der Waals surface area contributed by atoms with Crippen LogP contribution in [0.1, 0.15) is 6.42 Å². The summed E-state index contributed by atoms with van der Waals surface area (Å²) in [6.07, 6.45) is 0.935. The van der Waals surface area contributed by atoms with Gasteiger partial charge in [0.25, 0.3) is 0 Å². The molecule has 1 N–H and O–H groups in total. The fourth-order valence-electron chi connectivity index (χ4n) is 3.20. The Bertz CT molecular complexity index is 538. The normalized spacial score (nSPS) is 22.0. The second-order valence-corrected chi connectivity index (χ2v) is 5.82. The highest BCUT2D eigenvalue weighted by atomic mass is 19.1. The van der Waals surface area contributed by atoms with Crippen LogP contribution in [0, 0.1) is 11.7 Å². The number of amides is 1. The maximum atomic E-state index is 13.3. The summed E-state index contributed by atoms with van der Waals surface area (Å²) >= 11 is 0. The topological polar surface area (TPSA) is 44.8 Å². The Labute approximate surface area is 130 Å². The summed E-state index contributed by atoms with van der Waals surface area (Å²) in [6.45, 7) is 4.63. The van der Waals surface area contributed by atoms with Crippen LogP contribution in [0.5, 0.6) is 5.75 Å². The molecule has 120 valence electrons. The first kappa shape index (κ1) is 15.1. The lowest BCUT2D eigenvalue weighted by Gasteiger charge is -2.37. The van der Waals surface area contributed by atoms with Crippen molar-refractivity contribution in [1.29, 1.82) is 0 Å². The Morgan fingerprint density at radius 3 is 2.73 bits per heavy atom. The molecule has 1 aromatic rings. The number of hydrogen-bond donors (Lipinski definition) is 1. The van der Waals surface area contributed by atoms with Crippen molar-refractivity contribution in [2.75, 3.05) is 51.3 Å². The maximum absolute atomic E-state index is 13.3. The van der Waals surface area contributed by atoms with E-state index in [1.807, 2.05) is 4.90 Å². The molecule has 0 radical (unpaired) electrons. The predicted molar refractivity (Wildman–Crippen MR) is 82.7 cm³/mol. The van der Waals surface area contributed by atoms with Crippen molar-refractivity contribution in [2.24, 2.45) is 5.92 Å². The van der Waals surface area contributed by atoms with Gasteiger partial charge in [0.1, 0.15) is 11.6 Å². The molecular formula is C16H22FN3O2. The SMILES string of the molecule is COc1cc(F)ccc1N1CCN(C(=O)[C@H]2CCNC2)CC1. The molecule has 22 heavy (non-hydrogen) atoms. The van der Waals surface area contributed by atoms with Crippen LogP contribution in [-0.2, 0) is 4.79 Å². The van der Waals surface area contributed by atoms with Gasteiger partial charge in [-0.25, -0.2) is 4.39 Å². The minimum atomic E-state index is -0.303. The van der Waals surface area contributed by atoms with E-state index in [-0.39, 0.29) is 17.6 Å². The van der Waals surface area contributed by atoms with Gasteiger partial charge in [-0.3, -0.25) is 4.79 Å². The molecule has 1 atom stereocenters. The fraction of sp³-hybridized carbons (Fsp3) is 0.562. The van der Waals surface area contributed by atoms with Gasteiger partial charge in [-0.1, -0.05) is 0 Å².